The lowest BCUT2D eigenvalue weighted by molar-refractivity contribution is -0.121. The second-order valence-corrected chi connectivity index (χ2v) is 10.5. The third kappa shape index (κ3) is 5.48. The van der Waals surface area contributed by atoms with Crippen LogP contribution in [0.5, 0.6) is 0 Å². The standard InChI is InChI=1S/C26H33ClN8O3/c1-15-4-3-5-19(24(28)37)21(15)31-22-20(27)11-29-26-23(22)32-25(33-26)16-10-30-35(12-16)17-6-8-34(9-7-17)13-18(36)14-38-2/h4-5,10-12,15,17-19,21,36H,6-9,13-14H2,1-2H3,(H2,28,37)(H2,29,31,32,33)/t15-,18?,19+,21-/m1/s1. The molecule has 202 valence electrons. The quantitative estimate of drug-likeness (QED) is 0.302. The summed E-state index contributed by atoms with van der Waals surface area (Å²) in [4.78, 5) is 26.8. The number of β-amino-alcohol motifs (C(OH)–C–C–N with tert-alkyl or cyclic N) is 1. The van der Waals surface area contributed by atoms with Crippen LogP contribution in [0.1, 0.15) is 25.8 Å². The summed E-state index contributed by atoms with van der Waals surface area (Å²) in [6.45, 7) is 4.73. The number of hydrogen-bond donors (Lipinski definition) is 4. The second-order valence-electron chi connectivity index (χ2n) is 10.1. The Morgan fingerprint density at radius 2 is 2.16 bits per heavy atom. The molecule has 4 atom stereocenters. The van der Waals surface area contributed by atoms with Crippen molar-refractivity contribution >= 4 is 34.4 Å². The summed E-state index contributed by atoms with van der Waals surface area (Å²) in [5.74, 6) is -0.310. The normalized spacial score (nSPS) is 23.2. The number of methoxy groups -OCH3 is 1. The topological polar surface area (TPSA) is 147 Å². The Bertz CT molecular complexity index is 1360. The van der Waals surface area contributed by atoms with Gasteiger partial charge >= 0.3 is 0 Å². The SMILES string of the molecule is COCC(O)CN1CCC(n2cc(-c3nc4ncc(Cl)c(N[C@@H]5[C@H](C)C=C=C[C@@H]5C(N)=O)c4[nH]3)cn2)CC1. The van der Waals surface area contributed by atoms with E-state index in [1.807, 2.05) is 23.9 Å². The summed E-state index contributed by atoms with van der Waals surface area (Å²) in [5, 5.41) is 18.5. The third-order valence-electron chi connectivity index (χ3n) is 7.34. The number of ether oxygens (including phenoxy) is 1. The Morgan fingerprint density at radius 1 is 1.37 bits per heavy atom. The van der Waals surface area contributed by atoms with Gasteiger partial charge in [-0.05, 0) is 25.0 Å². The minimum absolute atomic E-state index is 0.00654. The van der Waals surface area contributed by atoms with Gasteiger partial charge in [-0.2, -0.15) is 5.10 Å². The molecule has 1 aliphatic heterocycles. The van der Waals surface area contributed by atoms with Crippen LogP contribution in [0.2, 0.25) is 5.02 Å². The number of aliphatic hydroxyl groups is 1. The van der Waals surface area contributed by atoms with E-state index in [1.54, 1.807) is 25.6 Å². The molecular formula is C26H33ClN8O3. The predicted octanol–water partition coefficient (Wildman–Crippen LogP) is 2.36. The van der Waals surface area contributed by atoms with E-state index in [1.165, 1.54) is 0 Å². The number of nitrogens with one attached hydrogen (secondary N) is 2. The number of imidazole rings is 1. The zero-order valence-corrected chi connectivity index (χ0v) is 22.2. The number of pyridine rings is 1. The summed E-state index contributed by atoms with van der Waals surface area (Å²) in [6.07, 6.45) is 10.3. The monoisotopic (exact) mass is 540 g/mol. The number of halogens is 1. The van der Waals surface area contributed by atoms with Crippen molar-refractivity contribution in [3.05, 3.63) is 41.5 Å². The van der Waals surface area contributed by atoms with Crippen molar-refractivity contribution in [3.63, 3.8) is 0 Å². The molecule has 0 saturated carbocycles. The van der Waals surface area contributed by atoms with Gasteiger partial charge in [0, 0.05) is 44.9 Å². The van der Waals surface area contributed by atoms with Crippen LogP contribution in [-0.2, 0) is 9.53 Å². The number of amides is 1. The number of anilines is 1. The van der Waals surface area contributed by atoms with Crippen molar-refractivity contribution in [2.75, 3.05) is 38.7 Å². The van der Waals surface area contributed by atoms with Crippen LogP contribution in [0.4, 0.5) is 5.69 Å². The Hall–Kier alpha value is -3.21. The first kappa shape index (κ1) is 26.4. The van der Waals surface area contributed by atoms with E-state index in [0.717, 1.165) is 31.5 Å². The number of piperidine rings is 1. The summed E-state index contributed by atoms with van der Waals surface area (Å²) in [5.41, 5.74) is 11.3. The minimum atomic E-state index is -0.524. The van der Waals surface area contributed by atoms with Crippen molar-refractivity contribution in [2.24, 2.45) is 17.6 Å². The summed E-state index contributed by atoms with van der Waals surface area (Å²) < 4.78 is 7.02. The number of fused-ring (bicyclic) bond motifs is 1. The zero-order chi connectivity index (χ0) is 26.8. The minimum Gasteiger partial charge on any atom is -0.389 e. The lowest BCUT2D eigenvalue weighted by atomic mass is 9.85. The van der Waals surface area contributed by atoms with E-state index in [4.69, 9.17) is 22.1 Å². The molecule has 5 N–H and O–H groups in total. The van der Waals surface area contributed by atoms with E-state index in [-0.39, 0.29) is 18.0 Å². The number of hydrogen-bond acceptors (Lipinski definition) is 8. The average molecular weight is 541 g/mol. The molecule has 3 aromatic heterocycles. The predicted molar refractivity (Wildman–Crippen MR) is 145 cm³/mol. The Balaban J connectivity index is 1.33. The number of H-pyrrole nitrogens is 1. The number of carbonyl (C=O) groups excluding carboxylic acids is 1. The Kier molecular flexibility index (Phi) is 7.83. The Labute approximate surface area is 225 Å². The summed E-state index contributed by atoms with van der Waals surface area (Å²) in [7, 11) is 1.60. The number of carbonyl (C=O) groups is 1. The average Bonchev–Trinajstić information content (AvgIpc) is 3.55. The van der Waals surface area contributed by atoms with Gasteiger partial charge in [-0.15, -0.1) is 5.73 Å². The van der Waals surface area contributed by atoms with E-state index in [9.17, 15) is 9.90 Å². The first-order valence-corrected chi connectivity index (χ1v) is 13.2. The van der Waals surface area contributed by atoms with E-state index in [0.29, 0.717) is 40.8 Å². The highest BCUT2D eigenvalue weighted by Crippen LogP contribution is 2.34. The van der Waals surface area contributed by atoms with Crippen LogP contribution in [0, 0.1) is 11.8 Å². The Morgan fingerprint density at radius 3 is 2.89 bits per heavy atom. The first-order valence-electron chi connectivity index (χ1n) is 12.8. The van der Waals surface area contributed by atoms with Gasteiger partial charge in [0.2, 0.25) is 5.91 Å². The number of nitrogens with zero attached hydrogens (tertiary/aromatic N) is 5. The fraction of sp³-hybridized carbons (Fsp3) is 0.500. The smallest absolute Gasteiger partial charge is 0.227 e. The highest BCUT2D eigenvalue weighted by atomic mass is 35.5. The van der Waals surface area contributed by atoms with Gasteiger partial charge in [0.1, 0.15) is 11.3 Å². The van der Waals surface area contributed by atoms with Crippen LogP contribution in [0.15, 0.2) is 36.5 Å². The van der Waals surface area contributed by atoms with Gasteiger partial charge in [-0.3, -0.25) is 9.48 Å². The molecule has 4 heterocycles. The van der Waals surface area contributed by atoms with Crippen molar-refractivity contribution in [3.8, 4) is 11.4 Å². The van der Waals surface area contributed by atoms with Crippen molar-refractivity contribution in [1.29, 1.82) is 0 Å². The fourth-order valence-corrected chi connectivity index (χ4v) is 5.47. The van der Waals surface area contributed by atoms with Crippen LogP contribution in [0.25, 0.3) is 22.6 Å². The molecular weight excluding hydrogens is 508 g/mol. The lowest BCUT2D eigenvalue weighted by Crippen LogP contribution is -2.42. The van der Waals surface area contributed by atoms with Crippen molar-refractivity contribution in [1.82, 2.24) is 29.6 Å². The lowest BCUT2D eigenvalue weighted by Gasteiger charge is -2.33. The van der Waals surface area contributed by atoms with E-state index in [2.05, 4.69) is 36.0 Å². The maximum Gasteiger partial charge on any atom is 0.227 e. The maximum absolute atomic E-state index is 12.1. The maximum atomic E-state index is 12.1. The van der Waals surface area contributed by atoms with Gasteiger partial charge in [0.25, 0.3) is 0 Å². The van der Waals surface area contributed by atoms with Crippen molar-refractivity contribution < 1.29 is 14.6 Å². The summed E-state index contributed by atoms with van der Waals surface area (Å²) >= 11 is 6.55. The van der Waals surface area contributed by atoms with Crippen LogP contribution >= 0.6 is 11.6 Å². The number of rotatable bonds is 9. The summed E-state index contributed by atoms with van der Waals surface area (Å²) in [6, 6.07) is -0.0128. The highest BCUT2D eigenvalue weighted by Gasteiger charge is 2.31. The molecule has 1 aliphatic carbocycles. The molecule has 38 heavy (non-hydrogen) atoms. The van der Waals surface area contributed by atoms with Gasteiger partial charge in [-0.25, -0.2) is 9.97 Å². The molecule has 11 nitrogen and oxygen atoms in total. The molecule has 1 saturated heterocycles. The molecule has 3 aromatic rings. The molecule has 5 rings (SSSR count). The third-order valence-corrected chi connectivity index (χ3v) is 7.62. The van der Waals surface area contributed by atoms with Crippen LogP contribution < -0.4 is 11.1 Å². The second kappa shape index (κ2) is 11.3. The number of aromatic amines is 1. The molecule has 0 aromatic carbocycles. The van der Waals surface area contributed by atoms with E-state index < -0.39 is 17.9 Å². The van der Waals surface area contributed by atoms with Crippen molar-refractivity contribution in [2.45, 2.75) is 38.0 Å². The number of nitrogens with two attached hydrogens (primary N) is 1. The number of likely N-dealkylation sites (tertiary alicyclic amines) is 1. The molecule has 0 spiro atoms. The van der Waals surface area contributed by atoms with Gasteiger partial charge in [0.15, 0.2) is 5.65 Å². The molecule has 2 aliphatic rings. The number of aliphatic hydroxyl groups excluding tert-OH is 1. The molecule has 0 bridgehead atoms. The molecule has 1 amide bonds. The van der Waals surface area contributed by atoms with Gasteiger partial charge in [0.05, 0.1) is 53.3 Å². The highest BCUT2D eigenvalue weighted by molar-refractivity contribution is 6.34. The largest absolute Gasteiger partial charge is 0.389 e. The van der Waals surface area contributed by atoms with Crippen LogP contribution in [0.3, 0.4) is 0 Å². The zero-order valence-electron chi connectivity index (χ0n) is 21.5. The fourth-order valence-electron chi connectivity index (χ4n) is 5.27. The first-order chi connectivity index (χ1) is 18.3. The number of aromatic nitrogens is 5. The molecule has 1 unspecified atom stereocenters. The molecule has 0 radical (unpaired) electrons. The van der Waals surface area contributed by atoms with Gasteiger partial charge < -0.3 is 30.8 Å². The molecule has 12 heteroatoms. The van der Waals surface area contributed by atoms with Crippen LogP contribution in [-0.4, -0.2) is 86.1 Å². The van der Waals surface area contributed by atoms with Gasteiger partial charge in [-0.1, -0.05) is 18.5 Å². The number of primary amides is 1. The van der Waals surface area contributed by atoms with E-state index >= 15 is 0 Å². The molecule has 1 fully saturated rings.